The van der Waals surface area contributed by atoms with Crippen LogP contribution in [0.2, 0.25) is 0 Å². The van der Waals surface area contributed by atoms with Crippen molar-refractivity contribution < 1.29 is 38.9 Å². The number of carbonyl (C=O) groups is 4. The topological polar surface area (TPSA) is 133 Å². The van der Waals surface area contributed by atoms with E-state index < -0.39 is 35.4 Å². The average molecular weight is 351 g/mol. The third kappa shape index (κ3) is 3.19. The number of cyclic esters (lactones) is 4. The molecule has 2 aliphatic rings. The zero-order chi connectivity index (χ0) is 17.4. The van der Waals surface area contributed by atoms with Gasteiger partial charge >= 0.3 is 46.9 Å². The van der Waals surface area contributed by atoms with Crippen molar-refractivity contribution in [2.45, 2.75) is 0 Å². The summed E-state index contributed by atoms with van der Waals surface area (Å²) in [7, 11) is 0. The van der Waals surface area contributed by atoms with Crippen molar-refractivity contribution in [3.05, 3.63) is 58.7 Å². The van der Waals surface area contributed by atoms with Gasteiger partial charge in [0.2, 0.25) is 0 Å². The van der Waals surface area contributed by atoms with Gasteiger partial charge < -0.3 is 19.7 Å². The van der Waals surface area contributed by atoms with E-state index in [1.807, 2.05) is 0 Å². The first-order valence-electron chi connectivity index (χ1n) is 6.53. The molecule has 0 fully saturated rings. The van der Waals surface area contributed by atoms with E-state index in [-0.39, 0.29) is 45.3 Å². The molecule has 0 atom stereocenters. The van der Waals surface area contributed by atoms with Crippen LogP contribution in [0.25, 0.3) is 0 Å². The van der Waals surface area contributed by atoms with Crippen LogP contribution in [-0.2, 0) is 9.47 Å². The summed E-state index contributed by atoms with van der Waals surface area (Å²) in [5, 5.41) is 22.0. The van der Waals surface area contributed by atoms with E-state index in [1.54, 1.807) is 0 Å². The van der Waals surface area contributed by atoms with Gasteiger partial charge in [0, 0.05) is 0 Å². The Hall–Kier alpha value is -2.91. The third-order valence-electron chi connectivity index (χ3n) is 3.27. The molecule has 0 radical (unpaired) electrons. The van der Waals surface area contributed by atoms with Gasteiger partial charge in [-0.15, -0.1) is 0 Å². The first-order chi connectivity index (χ1) is 11.4. The van der Waals surface area contributed by atoms with Crippen LogP contribution >= 0.6 is 0 Å². The Bertz CT molecular complexity index is 843. The molecule has 0 spiro atoms. The Balaban J connectivity index is 0.000000173. The first-order valence-corrected chi connectivity index (χ1v) is 6.53. The van der Waals surface area contributed by atoms with Crippen molar-refractivity contribution in [3.63, 3.8) is 0 Å². The zero-order valence-corrected chi connectivity index (χ0v) is 13.9. The van der Waals surface area contributed by atoms with Crippen molar-refractivity contribution in [3.8, 4) is 11.5 Å². The fourth-order valence-electron chi connectivity index (χ4n) is 2.20. The molecular weight excluding hydrogens is 344 g/mol. The van der Waals surface area contributed by atoms with E-state index in [1.165, 1.54) is 36.4 Å². The van der Waals surface area contributed by atoms with Gasteiger partial charge in [-0.25, -0.2) is 19.2 Å². The van der Waals surface area contributed by atoms with E-state index >= 15 is 0 Å². The van der Waals surface area contributed by atoms with E-state index in [0.29, 0.717) is 0 Å². The summed E-state index contributed by atoms with van der Waals surface area (Å²) in [5.74, 6) is -4.12. The Morgan fingerprint density at radius 1 is 0.600 bits per heavy atom. The molecule has 8 nitrogen and oxygen atoms in total. The molecule has 0 N–H and O–H groups in total. The van der Waals surface area contributed by atoms with Gasteiger partial charge in [-0.3, -0.25) is 0 Å². The predicted octanol–water partition coefficient (Wildman–Crippen LogP) is -0.239. The number of esters is 4. The van der Waals surface area contributed by atoms with E-state index in [2.05, 4.69) is 9.47 Å². The zero-order valence-electron chi connectivity index (χ0n) is 12.4. The summed E-state index contributed by atoms with van der Waals surface area (Å²) in [6.07, 6.45) is 0. The third-order valence-corrected chi connectivity index (χ3v) is 3.27. The summed E-state index contributed by atoms with van der Waals surface area (Å²) < 4.78 is 8.47. The van der Waals surface area contributed by atoms with Crippen LogP contribution in [0.5, 0.6) is 11.5 Å². The molecule has 2 aromatic rings. The summed E-state index contributed by atoms with van der Waals surface area (Å²) >= 11 is 0. The predicted molar refractivity (Wildman–Crippen MR) is 77.0 cm³/mol. The fourth-order valence-corrected chi connectivity index (χ4v) is 2.20. The second-order valence-corrected chi connectivity index (χ2v) is 4.71. The van der Waals surface area contributed by atoms with Crippen LogP contribution in [-0.4, -0.2) is 46.9 Å². The van der Waals surface area contributed by atoms with Gasteiger partial charge in [-0.05, 0) is 12.1 Å². The molecule has 9 heteroatoms. The maximum absolute atomic E-state index is 11.0. The van der Waals surface area contributed by atoms with Crippen LogP contribution in [0, 0.1) is 0 Å². The molecule has 2 aromatic carbocycles. The maximum atomic E-state index is 11.0. The van der Waals surface area contributed by atoms with Gasteiger partial charge in [0.05, 0.1) is 22.3 Å². The van der Waals surface area contributed by atoms with Gasteiger partial charge in [0.25, 0.3) is 0 Å². The second kappa shape index (κ2) is 6.91. The quantitative estimate of drug-likeness (QED) is 0.361. The number of fused-ring (bicyclic) bond motifs is 2. The fraction of sp³-hybridized carbons (Fsp3) is 0. The SMILES string of the molecule is O=C1OC(=O)c2c([O-])cccc21.O=C1OC(=O)c2c([O-])cccc21.[Mg+2]. The Morgan fingerprint density at radius 2 is 0.960 bits per heavy atom. The molecule has 0 aliphatic carbocycles. The molecule has 120 valence electrons. The van der Waals surface area contributed by atoms with Crippen LogP contribution in [0.4, 0.5) is 0 Å². The van der Waals surface area contributed by atoms with Crippen LogP contribution in [0.15, 0.2) is 36.4 Å². The smallest absolute Gasteiger partial charge is 0.872 e. The molecule has 0 amide bonds. The number of benzene rings is 2. The molecule has 0 aromatic heterocycles. The molecular formula is C16H6MgO8. The summed E-state index contributed by atoms with van der Waals surface area (Å²) in [4.78, 5) is 43.4. The van der Waals surface area contributed by atoms with Crippen LogP contribution in [0.3, 0.4) is 0 Å². The monoisotopic (exact) mass is 350 g/mol. The molecule has 0 saturated carbocycles. The number of hydrogen-bond donors (Lipinski definition) is 0. The summed E-state index contributed by atoms with van der Waals surface area (Å²) in [6.45, 7) is 0. The van der Waals surface area contributed by atoms with Gasteiger partial charge in [-0.2, -0.15) is 0 Å². The Kier molecular flexibility index (Phi) is 5.09. The normalized spacial score (nSPS) is 13.8. The molecule has 2 heterocycles. The average Bonchev–Trinajstić information content (AvgIpc) is 2.99. The number of hydrogen-bond acceptors (Lipinski definition) is 8. The second-order valence-electron chi connectivity index (χ2n) is 4.71. The summed E-state index contributed by atoms with van der Waals surface area (Å²) in [6, 6.07) is 8.06. The largest absolute Gasteiger partial charge is 2.00 e. The minimum Gasteiger partial charge on any atom is -0.872 e. The van der Waals surface area contributed by atoms with Crippen molar-refractivity contribution in [2.24, 2.45) is 0 Å². The molecule has 0 saturated heterocycles. The molecule has 4 rings (SSSR count). The van der Waals surface area contributed by atoms with Gasteiger partial charge in [0.1, 0.15) is 0 Å². The van der Waals surface area contributed by atoms with Gasteiger partial charge in [0.15, 0.2) is 0 Å². The Morgan fingerprint density at radius 3 is 1.28 bits per heavy atom. The minimum absolute atomic E-state index is 0. The van der Waals surface area contributed by atoms with Crippen molar-refractivity contribution in [2.75, 3.05) is 0 Å². The van der Waals surface area contributed by atoms with Crippen LogP contribution < -0.4 is 10.2 Å². The minimum atomic E-state index is -0.847. The van der Waals surface area contributed by atoms with E-state index in [4.69, 9.17) is 0 Å². The van der Waals surface area contributed by atoms with E-state index in [0.717, 1.165) is 0 Å². The van der Waals surface area contributed by atoms with E-state index in [9.17, 15) is 29.4 Å². The molecule has 0 unspecified atom stereocenters. The summed E-state index contributed by atoms with van der Waals surface area (Å²) in [5.41, 5.74) is -0.176. The molecule has 25 heavy (non-hydrogen) atoms. The standard InChI is InChI=1S/2C8H4O4.Mg/c2*9-5-3-1-2-4-6(5)8(11)12-7(4)10;/h2*1-3,9H;/q;;+2/p-2. The number of ether oxygens (including phenoxy) is 2. The van der Waals surface area contributed by atoms with Crippen molar-refractivity contribution >= 4 is 46.9 Å². The Labute approximate surface area is 156 Å². The van der Waals surface area contributed by atoms with Crippen LogP contribution in [0.1, 0.15) is 41.4 Å². The molecule has 0 bridgehead atoms. The number of carbonyl (C=O) groups excluding carboxylic acids is 4. The maximum Gasteiger partial charge on any atom is 2.00 e. The van der Waals surface area contributed by atoms with Crippen molar-refractivity contribution in [1.29, 1.82) is 0 Å². The number of rotatable bonds is 0. The first kappa shape index (κ1) is 18.4. The van der Waals surface area contributed by atoms with Crippen molar-refractivity contribution in [1.82, 2.24) is 0 Å². The van der Waals surface area contributed by atoms with Gasteiger partial charge in [-0.1, -0.05) is 35.8 Å². The molecule has 2 aliphatic heterocycles.